The van der Waals surface area contributed by atoms with Gasteiger partial charge in [0.15, 0.2) is 0 Å². The van der Waals surface area contributed by atoms with Crippen molar-refractivity contribution >= 4 is 39.6 Å². The van der Waals surface area contributed by atoms with E-state index < -0.39 is 11.9 Å². The molecule has 0 unspecified atom stereocenters. The van der Waals surface area contributed by atoms with Crippen LogP contribution in [0.5, 0.6) is 0 Å². The number of methoxy groups -OCH3 is 1. The molecule has 0 atom stereocenters. The molecular weight excluding hydrogens is 436 g/mol. The number of carbonyl (C=O) groups excluding carboxylic acids is 2. The highest BCUT2D eigenvalue weighted by molar-refractivity contribution is 9.10. The summed E-state index contributed by atoms with van der Waals surface area (Å²) in [7, 11) is 1.32. The molecule has 0 radical (unpaired) electrons. The van der Waals surface area contributed by atoms with Gasteiger partial charge >= 0.3 is 5.97 Å². The summed E-state index contributed by atoms with van der Waals surface area (Å²) in [5.41, 5.74) is 1.65. The van der Waals surface area contributed by atoms with E-state index in [0.717, 1.165) is 10.0 Å². The molecule has 0 aliphatic rings. The molecule has 0 bridgehead atoms. The van der Waals surface area contributed by atoms with Crippen LogP contribution in [0.2, 0.25) is 0 Å². The first-order valence-corrected chi connectivity index (χ1v) is 9.27. The maximum absolute atomic E-state index is 12.4. The van der Waals surface area contributed by atoms with Crippen LogP contribution in [0.4, 0.5) is 5.69 Å². The van der Waals surface area contributed by atoms with Crippen molar-refractivity contribution in [3.8, 4) is 17.4 Å². The number of hydrogen-bond acceptors (Lipinski definition) is 5. The van der Waals surface area contributed by atoms with Gasteiger partial charge in [-0.25, -0.2) is 4.79 Å². The minimum Gasteiger partial charge on any atom is -0.465 e. The van der Waals surface area contributed by atoms with E-state index in [4.69, 9.17) is 4.42 Å². The number of carbonyl (C=O) groups is 2. The molecule has 0 saturated carbocycles. The van der Waals surface area contributed by atoms with Crippen LogP contribution in [-0.4, -0.2) is 19.0 Å². The van der Waals surface area contributed by atoms with Crippen molar-refractivity contribution < 1.29 is 18.7 Å². The average molecular weight is 451 g/mol. The van der Waals surface area contributed by atoms with Gasteiger partial charge in [0.2, 0.25) is 0 Å². The zero-order valence-electron chi connectivity index (χ0n) is 15.3. The molecule has 3 rings (SSSR count). The lowest BCUT2D eigenvalue weighted by atomic mass is 10.1. The van der Waals surface area contributed by atoms with Gasteiger partial charge in [-0.15, -0.1) is 0 Å². The van der Waals surface area contributed by atoms with Gasteiger partial charge in [-0.3, -0.25) is 4.79 Å². The second-order valence-electron chi connectivity index (χ2n) is 5.91. The fourth-order valence-corrected chi connectivity index (χ4v) is 2.93. The third-order valence-corrected chi connectivity index (χ3v) is 4.44. The Kier molecular flexibility index (Phi) is 6.27. The molecule has 1 amide bonds. The van der Waals surface area contributed by atoms with Crippen molar-refractivity contribution in [3.05, 3.63) is 82.0 Å². The molecule has 29 heavy (non-hydrogen) atoms. The molecular formula is C22H15BrN2O4. The summed E-state index contributed by atoms with van der Waals surface area (Å²) in [6.45, 7) is 0. The Morgan fingerprint density at radius 2 is 1.90 bits per heavy atom. The summed E-state index contributed by atoms with van der Waals surface area (Å²) in [4.78, 5) is 23.9. The second-order valence-corrected chi connectivity index (χ2v) is 6.82. The number of halogens is 1. The number of anilines is 1. The first kappa shape index (κ1) is 20.1. The van der Waals surface area contributed by atoms with E-state index in [-0.39, 0.29) is 5.57 Å². The SMILES string of the molecule is COC(=O)c1ccc(-c2ccc(/C=C(/C#N)C(=O)Nc3cccc(Br)c3)o2)cc1. The zero-order valence-corrected chi connectivity index (χ0v) is 16.9. The van der Waals surface area contributed by atoms with E-state index in [0.29, 0.717) is 22.8 Å². The Morgan fingerprint density at radius 3 is 2.55 bits per heavy atom. The Hall–Kier alpha value is -3.63. The highest BCUT2D eigenvalue weighted by atomic mass is 79.9. The van der Waals surface area contributed by atoms with E-state index in [2.05, 4.69) is 26.0 Å². The van der Waals surface area contributed by atoms with E-state index >= 15 is 0 Å². The molecule has 0 fully saturated rings. The highest BCUT2D eigenvalue weighted by Crippen LogP contribution is 2.24. The van der Waals surface area contributed by atoms with E-state index in [9.17, 15) is 14.9 Å². The third-order valence-electron chi connectivity index (χ3n) is 3.95. The number of esters is 1. The number of benzene rings is 2. The van der Waals surface area contributed by atoms with Gasteiger partial charge in [0, 0.05) is 21.8 Å². The number of furan rings is 1. The monoisotopic (exact) mass is 450 g/mol. The van der Waals surface area contributed by atoms with E-state index in [1.54, 1.807) is 54.6 Å². The summed E-state index contributed by atoms with van der Waals surface area (Å²) in [5.74, 6) is -0.0592. The van der Waals surface area contributed by atoms with Crippen molar-refractivity contribution in [2.75, 3.05) is 12.4 Å². The van der Waals surface area contributed by atoms with Gasteiger partial charge in [-0.2, -0.15) is 5.26 Å². The van der Waals surface area contributed by atoms with Gasteiger partial charge in [-0.05, 0) is 42.5 Å². The molecule has 1 aromatic heterocycles. The summed E-state index contributed by atoms with van der Waals surface area (Å²) in [6.07, 6.45) is 1.37. The topological polar surface area (TPSA) is 92.3 Å². The number of rotatable bonds is 5. The van der Waals surface area contributed by atoms with Gasteiger partial charge in [0.05, 0.1) is 12.7 Å². The second kappa shape index (κ2) is 9.04. The number of ether oxygens (including phenoxy) is 1. The molecule has 0 saturated heterocycles. The van der Waals surface area contributed by atoms with Crippen molar-refractivity contribution in [2.24, 2.45) is 0 Å². The standard InChI is InChI=1S/C22H15BrN2O4/c1-28-22(27)15-7-5-14(6-8-15)20-10-9-19(29-20)11-16(13-24)21(26)25-18-4-2-3-17(23)12-18/h2-12H,1H3,(H,25,26)/b16-11-. The van der Waals surface area contributed by atoms with Crippen LogP contribution in [0, 0.1) is 11.3 Å². The van der Waals surface area contributed by atoms with E-state index in [1.165, 1.54) is 13.2 Å². The maximum Gasteiger partial charge on any atom is 0.337 e. The average Bonchev–Trinajstić information content (AvgIpc) is 3.20. The summed E-state index contributed by atoms with van der Waals surface area (Å²) in [5, 5.41) is 12.0. The molecule has 1 N–H and O–H groups in total. The molecule has 0 aliphatic heterocycles. The van der Waals surface area contributed by atoms with Crippen molar-refractivity contribution in [2.45, 2.75) is 0 Å². The molecule has 2 aromatic carbocycles. The predicted octanol–water partition coefficient (Wildman–Crippen LogP) is 5.04. The summed E-state index contributed by atoms with van der Waals surface area (Å²) in [6, 6.07) is 19.0. The van der Waals surface area contributed by atoms with Crippen LogP contribution in [0.3, 0.4) is 0 Å². The van der Waals surface area contributed by atoms with Gasteiger partial charge < -0.3 is 14.5 Å². The minimum absolute atomic E-state index is 0.0908. The van der Waals surface area contributed by atoms with Gasteiger partial charge in [0.1, 0.15) is 23.2 Å². The van der Waals surface area contributed by atoms with Gasteiger partial charge in [-0.1, -0.05) is 34.1 Å². The van der Waals surface area contributed by atoms with Crippen LogP contribution >= 0.6 is 15.9 Å². The molecule has 6 nitrogen and oxygen atoms in total. The smallest absolute Gasteiger partial charge is 0.337 e. The number of amides is 1. The molecule has 1 heterocycles. The Bertz CT molecular complexity index is 1120. The minimum atomic E-state index is -0.536. The van der Waals surface area contributed by atoms with Gasteiger partial charge in [0.25, 0.3) is 5.91 Å². The normalized spacial score (nSPS) is 10.9. The van der Waals surface area contributed by atoms with Crippen molar-refractivity contribution in [1.82, 2.24) is 0 Å². The largest absolute Gasteiger partial charge is 0.465 e. The van der Waals surface area contributed by atoms with Crippen LogP contribution in [-0.2, 0) is 9.53 Å². The number of nitrogens with zero attached hydrogens (tertiary/aromatic N) is 1. The fraction of sp³-hybridized carbons (Fsp3) is 0.0455. The summed E-state index contributed by atoms with van der Waals surface area (Å²) < 4.78 is 11.2. The molecule has 7 heteroatoms. The number of hydrogen-bond donors (Lipinski definition) is 1. The van der Waals surface area contributed by atoms with Crippen molar-refractivity contribution in [1.29, 1.82) is 5.26 Å². The molecule has 0 aliphatic carbocycles. The Morgan fingerprint density at radius 1 is 1.14 bits per heavy atom. The number of nitriles is 1. The number of nitrogens with one attached hydrogen (secondary N) is 1. The lowest BCUT2D eigenvalue weighted by Gasteiger charge is -2.04. The van der Waals surface area contributed by atoms with Crippen LogP contribution in [0.1, 0.15) is 16.1 Å². The molecule has 144 valence electrons. The van der Waals surface area contributed by atoms with Crippen LogP contribution in [0.15, 0.2) is 75.1 Å². The Labute approximate surface area is 175 Å². The van der Waals surface area contributed by atoms with Crippen molar-refractivity contribution in [3.63, 3.8) is 0 Å². The first-order valence-electron chi connectivity index (χ1n) is 8.47. The van der Waals surface area contributed by atoms with E-state index in [1.807, 2.05) is 12.1 Å². The maximum atomic E-state index is 12.4. The first-order chi connectivity index (χ1) is 14.0. The van der Waals surface area contributed by atoms with Crippen LogP contribution in [0.25, 0.3) is 17.4 Å². The quantitative estimate of drug-likeness (QED) is 0.333. The highest BCUT2D eigenvalue weighted by Gasteiger charge is 2.12. The third kappa shape index (κ3) is 5.00. The van der Waals surface area contributed by atoms with Crippen LogP contribution < -0.4 is 5.32 Å². The molecule has 3 aromatic rings. The Balaban J connectivity index is 1.77. The molecule has 0 spiro atoms. The lowest BCUT2D eigenvalue weighted by molar-refractivity contribution is -0.112. The summed E-state index contributed by atoms with van der Waals surface area (Å²) >= 11 is 3.33. The zero-order chi connectivity index (χ0) is 20.8. The predicted molar refractivity (Wildman–Crippen MR) is 112 cm³/mol. The lowest BCUT2D eigenvalue weighted by Crippen LogP contribution is -2.13. The fourth-order valence-electron chi connectivity index (χ4n) is 2.53.